The number of hydrogen-bond donors (Lipinski definition) is 0. The van der Waals surface area contributed by atoms with Crippen LogP contribution in [0.25, 0.3) is 0 Å². The van der Waals surface area contributed by atoms with Crippen molar-refractivity contribution in [3.63, 3.8) is 0 Å². The van der Waals surface area contributed by atoms with E-state index in [0.29, 0.717) is 0 Å². The lowest BCUT2D eigenvalue weighted by molar-refractivity contribution is -0.201. The second kappa shape index (κ2) is 9.89. The Kier molecular flexibility index (Phi) is 7.30. The highest BCUT2D eigenvalue weighted by Gasteiger charge is 2.77. The standard InChI is InChI=1S/C30H35FO9/c1-7-25(36)38-15-24(35)30(40-26(37)8-2)16(3)11-19-20-13-22(39-17(4)32)21-12-18(33)9-10-27(21,5)29(20,31)23(34)14-28(19,30)6/h9-10,12-13,16,19-20H,7-8,11,14-15H2,1-6H3/t16-,19+,20+,27+,28+,29+,30-/m1/s1. The third-order valence-electron chi connectivity index (χ3n) is 9.46. The summed E-state index contributed by atoms with van der Waals surface area (Å²) in [5.74, 6) is -6.54. The zero-order valence-corrected chi connectivity index (χ0v) is 23.6. The highest BCUT2D eigenvalue weighted by Crippen LogP contribution is 2.70. The number of hydrogen-bond acceptors (Lipinski definition) is 9. The Balaban J connectivity index is 1.92. The van der Waals surface area contributed by atoms with Crippen LogP contribution >= 0.6 is 0 Å². The Bertz CT molecular complexity index is 1290. The molecule has 0 N–H and O–H groups in total. The molecule has 7 atom stereocenters. The topological polar surface area (TPSA) is 130 Å². The van der Waals surface area contributed by atoms with E-state index in [0.717, 1.165) is 0 Å². The molecule has 10 heteroatoms. The van der Waals surface area contributed by atoms with Crippen LogP contribution in [-0.4, -0.2) is 53.1 Å². The molecule has 0 bridgehead atoms. The quantitative estimate of drug-likeness (QED) is 0.339. The van der Waals surface area contributed by atoms with Crippen molar-refractivity contribution in [1.29, 1.82) is 0 Å². The van der Waals surface area contributed by atoms with Crippen molar-refractivity contribution in [2.45, 2.75) is 78.5 Å². The predicted molar refractivity (Wildman–Crippen MR) is 138 cm³/mol. The van der Waals surface area contributed by atoms with Gasteiger partial charge in [-0.25, -0.2) is 4.39 Å². The molecule has 2 saturated carbocycles. The highest BCUT2D eigenvalue weighted by molar-refractivity contribution is 6.04. The lowest BCUT2D eigenvalue weighted by Crippen LogP contribution is -2.68. The Morgan fingerprint density at radius 3 is 2.33 bits per heavy atom. The molecule has 40 heavy (non-hydrogen) atoms. The number of esters is 3. The number of alkyl halides is 1. The molecule has 0 unspecified atom stereocenters. The third-order valence-corrected chi connectivity index (χ3v) is 9.46. The van der Waals surface area contributed by atoms with Crippen LogP contribution in [0.4, 0.5) is 4.39 Å². The first-order chi connectivity index (χ1) is 18.6. The average Bonchev–Trinajstić information content (AvgIpc) is 3.11. The lowest BCUT2D eigenvalue weighted by atomic mass is 9.46. The van der Waals surface area contributed by atoms with Gasteiger partial charge in [-0.1, -0.05) is 33.8 Å². The van der Waals surface area contributed by atoms with E-state index in [-0.39, 0.29) is 30.6 Å². The Morgan fingerprint density at radius 1 is 1.07 bits per heavy atom. The van der Waals surface area contributed by atoms with Crippen molar-refractivity contribution in [2.24, 2.45) is 28.6 Å². The summed E-state index contributed by atoms with van der Waals surface area (Å²) < 4.78 is 34.1. The van der Waals surface area contributed by atoms with Gasteiger partial charge in [-0.15, -0.1) is 0 Å². The molecule has 0 spiro atoms. The van der Waals surface area contributed by atoms with Crippen molar-refractivity contribution in [2.75, 3.05) is 6.61 Å². The molecule has 0 aromatic carbocycles. The number of ketones is 3. The van der Waals surface area contributed by atoms with Crippen molar-refractivity contribution in [3.8, 4) is 0 Å². The monoisotopic (exact) mass is 558 g/mol. The van der Waals surface area contributed by atoms with Gasteiger partial charge in [-0.3, -0.25) is 28.8 Å². The first-order valence-corrected chi connectivity index (χ1v) is 13.6. The molecule has 2 fully saturated rings. The maximum atomic E-state index is 17.6. The van der Waals surface area contributed by atoms with E-state index in [1.54, 1.807) is 27.7 Å². The van der Waals surface area contributed by atoms with E-state index >= 15 is 4.39 Å². The van der Waals surface area contributed by atoms with Gasteiger partial charge < -0.3 is 14.2 Å². The summed E-state index contributed by atoms with van der Waals surface area (Å²) in [4.78, 5) is 76.9. The summed E-state index contributed by atoms with van der Waals surface area (Å²) in [7, 11) is 0. The van der Waals surface area contributed by atoms with E-state index in [9.17, 15) is 28.8 Å². The number of fused-ring (bicyclic) bond motifs is 5. The first kappa shape index (κ1) is 29.6. The highest BCUT2D eigenvalue weighted by atomic mass is 19.1. The fraction of sp³-hybridized carbons (Fsp3) is 0.600. The van der Waals surface area contributed by atoms with Gasteiger partial charge in [0, 0.05) is 49.0 Å². The molecule has 0 aliphatic heterocycles. The summed E-state index contributed by atoms with van der Waals surface area (Å²) in [6.07, 6.45) is 4.79. The van der Waals surface area contributed by atoms with Gasteiger partial charge in [0.2, 0.25) is 5.78 Å². The molecule has 0 saturated heterocycles. The summed E-state index contributed by atoms with van der Waals surface area (Å²) in [5.41, 5.74) is -7.36. The molecule has 0 heterocycles. The van der Waals surface area contributed by atoms with Gasteiger partial charge in [0.05, 0.1) is 5.41 Å². The molecule has 0 amide bonds. The van der Waals surface area contributed by atoms with Gasteiger partial charge in [0.15, 0.2) is 29.4 Å². The number of ether oxygens (including phenoxy) is 3. The molecule has 4 aliphatic carbocycles. The molecule has 0 aromatic heterocycles. The molecule has 9 nitrogen and oxygen atoms in total. The molecule has 4 aliphatic rings. The first-order valence-electron chi connectivity index (χ1n) is 13.6. The van der Waals surface area contributed by atoms with E-state index < -0.39 is 88.1 Å². The van der Waals surface area contributed by atoms with Crippen LogP contribution in [-0.2, 0) is 43.0 Å². The minimum absolute atomic E-state index is 0.0260. The van der Waals surface area contributed by atoms with Crippen molar-refractivity contribution in [1.82, 2.24) is 0 Å². The Morgan fingerprint density at radius 2 is 1.73 bits per heavy atom. The summed E-state index contributed by atoms with van der Waals surface area (Å²) in [6.45, 7) is 8.47. The number of halogens is 1. The molecule has 216 valence electrons. The summed E-state index contributed by atoms with van der Waals surface area (Å²) in [6, 6.07) is 0. The Labute approximate surface area is 232 Å². The molecular formula is C30H35FO9. The summed E-state index contributed by atoms with van der Waals surface area (Å²) >= 11 is 0. The molecule has 0 radical (unpaired) electrons. The van der Waals surface area contributed by atoms with Crippen LogP contribution in [0.3, 0.4) is 0 Å². The van der Waals surface area contributed by atoms with E-state index in [4.69, 9.17) is 14.2 Å². The zero-order chi connectivity index (χ0) is 29.8. The second-order valence-corrected chi connectivity index (χ2v) is 11.6. The predicted octanol–water partition coefficient (Wildman–Crippen LogP) is 3.69. The molecule has 0 aromatic rings. The maximum Gasteiger partial charge on any atom is 0.308 e. The van der Waals surface area contributed by atoms with Crippen LogP contribution < -0.4 is 0 Å². The number of Topliss-reactive ketones (excluding diaryl/α,β-unsaturated/α-hetero) is 2. The fourth-order valence-electron chi connectivity index (χ4n) is 7.54. The maximum absolute atomic E-state index is 17.6. The molecule has 4 rings (SSSR count). The van der Waals surface area contributed by atoms with Crippen LogP contribution in [0.15, 0.2) is 35.6 Å². The number of carbonyl (C=O) groups is 6. The normalized spacial score (nSPS) is 37.8. The van der Waals surface area contributed by atoms with Gasteiger partial charge in [0.1, 0.15) is 5.76 Å². The van der Waals surface area contributed by atoms with Crippen molar-refractivity contribution >= 4 is 35.3 Å². The van der Waals surface area contributed by atoms with E-state index in [1.807, 2.05) is 0 Å². The second-order valence-electron chi connectivity index (χ2n) is 11.6. The number of rotatable bonds is 7. The van der Waals surface area contributed by atoms with Gasteiger partial charge in [-0.2, -0.15) is 0 Å². The van der Waals surface area contributed by atoms with Crippen LogP contribution in [0.2, 0.25) is 0 Å². The van der Waals surface area contributed by atoms with Crippen LogP contribution in [0, 0.1) is 28.6 Å². The molecular weight excluding hydrogens is 523 g/mol. The minimum atomic E-state index is -2.55. The minimum Gasteiger partial charge on any atom is -0.457 e. The van der Waals surface area contributed by atoms with Gasteiger partial charge in [0.25, 0.3) is 0 Å². The van der Waals surface area contributed by atoms with Gasteiger partial charge >= 0.3 is 17.9 Å². The summed E-state index contributed by atoms with van der Waals surface area (Å²) in [5, 5.41) is 0. The zero-order valence-electron chi connectivity index (χ0n) is 23.6. The van der Waals surface area contributed by atoms with Crippen molar-refractivity contribution in [3.05, 3.63) is 35.6 Å². The average molecular weight is 559 g/mol. The van der Waals surface area contributed by atoms with E-state index in [2.05, 4.69) is 0 Å². The largest absolute Gasteiger partial charge is 0.457 e. The Hall–Kier alpha value is -3.43. The van der Waals surface area contributed by atoms with Gasteiger partial charge in [-0.05, 0) is 37.5 Å². The van der Waals surface area contributed by atoms with Crippen LogP contribution in [0.5, 0.6) is 0 Å². The van der Waals surface area contributed by atoms with Crippen LogP contribution in [0.1, 0.15) is 67.2 Å². The number of allylic oxidation sites excluding steroid dienone is 5. The van der Waals surface area contributed by atoms with E-state index in [1.165, 1.54) is 38.2 Å². The fourth-order valence-corrected chi connectivity index (χ4v) is 7.54. The smallest absolute Gasteiger partial charge is 0.308 e. The third kappa shape index (κ3) is 3.93. The number of carbonyl (C=O) groups excluding carboxylic acids is 6. The SMILES string of the molecule is CCC(=O)OCC(=O)[C@]1(OC(=O)CC)[C@H](C)C[C@H]2[C@@H]3C=C(OC(C)=O)C4=CC(=O)C=C[C@]4(C)[C@@]3(F)C(=O)C[C@@]21C. The lowest BCUT2D eigenvalue weighted by Gasteiger charge is -2.58. The van der Waals surface area contributed by atoms with Crippen molar-refractivity contribution < 1.29 is 47.4 Å².